The smallest absolute Gasteiger partial charge is 0.119 e. The fraction of sp³-hybridized carbons (Fsp3) is 0.300. The normalized spacial score (nSPS) is 9.91. The van der Waals surface area contributed by atoms with Crippen molar-refractivity contribution < 1.29 is 4.74 Å². The number of unbranched alkanes of at least 4 members (excludes halogenated alkanes) is 3. The Hall–Kier alpha value is -1.72. The summed E-state index contributed by atoms with van der Waals surface area (Å²) in [7, 11) is 0. The van der Waals surface area contributed by atoms with Crippen molar-refractivity contribution >= 4 is 15.9 Å². The Balaban J connectivity index is 1.85. The van der Waals surface area contributed by atoms with E-state index in [1.165, 1.54) is 19.3 Å². The van der Waals surface area contributed by atoms with Crippen molar-refractivity contribution in [2.75, 3.05) is 6.61 Å². The highest BCUT2D eigenvalue weighted by Crippen LogP contribution is 2.13. The summed E-state index contributed by atoms with van der Waals surface area (Å²) < 4.78 is 6.80. The highest BCUT2D eigenvalue weighted by molar-refractivity contribution is 9.10. The second kappa shape index (κ2) is 9.33. The molecule has 0 amide bonds. The van der Waals surface area contributed by atoms with Gasteiger partial charge in [-0.2, -0.15) is 0 Å². The number of rotatable bonds is 6. The summed E-state index contributed by atoms with van der Waals surface area (Å²) in [5, 5.41) is 0. The fourth-order valence-corrected chi connectivity index (χ4v) is 2.30. The van der Waals surface area contributed by atoms with Gasteiger partial charge in [-0.1, -0.05) is 54.0 Å². The van der Waals surface area contributed by atoms with Crippen molar-refractivity contribution in [3.8, 4) is 17.6 Å². The molecule has 114 valence electrons. The standard InChI is InChI=1S/C20H21BrO/c1-2-3-4-5-16-22-20-14-10-18(11-15-20)7-6-17-8-12-19(21)13-9-17/h8-15H,2-5,16H2,1H3. The molecule has 2 aromatic rings. The summed E-state index contributed by atoms with van der Waals surface area (Å²) in [6.45, 7) is 3.01. The number of hydrogen-bond acceptors (Lipinski definition) is 1. The maximum absolute atomic E-state index is 5.73. The number of benzene rings is 2. The van der Waals surface area contributed by atoms with Gasteiger partial charge in [0.15, 0.2) is 0 Å². The molecule has 0 aliphatic carbocycles. The van der Waals surface area contributed by atoms with Crippen LogP contribution in [0.5, 0.6) is 5.75 Å². The molecule has 0 heterocycles. The highest BCUT2D eigenvalue weighted by Gasteiger charge is 1.94. The zero-order chi connectivity index (χ0) is 15.6. The van der Waals surface area contributed by atoms with Gasteiger partial charge in [0.2, 0.25) is 0 Å². The summed E-state index contributed by atoms with van der Waals surface area (Å²) >= 11 is 3.42. The maximum Gasteiger partial charge on any atom is 0.119 e. The zero-order valence-electron chi connectivity index (χ0n) is 12.9. The molecule has 2 heteroatoms. The molecule has 0 saturated carbocycles. The molecule has 1 nitrogen and oxygen atoms in total. The summed E-state index contributed by atoms with van der Waals surface area (Å²) in [6.07, 6.45) is 4.91. The minimum atomic E-state index is 0.796. The lowest BCUT2D eigenvalue weighted by Gasteiger charge is -2.05. The van der Waals surface area contributed by atoms with Crippen LogP contribution in [0.3, 0.4) is 0 Å². The largest absolute Gasteiger partial charge is 0.494 e. The molecule has 0 saturated heterocycles. The van der Waals surface area contributed by atoms with Crippen LogP contribution in [0.4, 0.5) is 0 Å². The molecule has 2 aromatic carbocycles. The maximum atomic E-state index is 5.73. The van der Waals surface area contributed by atoms with E-state index in [2.05, 4.69) is 34.7 Å². The minimum Gasteiger partial charge on any atom is -0.494 e. The second-order valence-corrected chi connectivity index (χ2v) is 6.11. The van der Waals surface area contributed by atoms with Crippen molar-refractivity contribution in [2.45, 2.75) is 32.6 Å². The first-order valence-corrected chi connectivity index (χ1v) is 8.57. The lowest BCUT2D eigenvalue weighted by molar-refractivity contribution is 0.305. The molecular formula is C20H21BrO. The lowest BCUT2D eigenvalue weighted by Crippen LogP contribution is -1.96. The third-order valence-electron chi connectivity index (χ3n) is 3.32. The first-order chi connectivity index (χ1) is 10.8. The SMILES string of the molecule is CCCCCCOc1ccc(C#Cc2ccc(Br)cc2)cc1. The molecule has 0 aliphatic rings. The predicted octanol–water partition coefficient (Wildman–Crippen LogP) is 5.81. The van der Waals surface area contributed by atoms with Gasteiger partial charge in [-0.15, -0.1) is 0 Å². The molecule has 2 rings (SSSR count). The van der Waals surface area contributed by atoms with E-state index in [0.717, 1.165) is 34.4 Å². The van der Waals surface area contributed by atoms with Gasteiger partial charge in [0.1, 0.15) is 5.75 Å². The zero-order valence-corrected chi connectivity index (χ0v) is 14.5. The van der Waals surface area contributed by atoms with Crippen LogP contribution in [-0.2, 0) is 0 Å². The molecule has 0 spiro atoms. The molecule has 0 aromatic heterocycles. The summed E-state index contributed by atoms with van der Waals surface area (Å²) in [5.41, 5.74) is 2.01. The van der Waals surface area contributed by atoms with Gasteiger partial charge in [-0.05, 0) is 55.0 Å². The van der Waals surface area contributed by atoms with E-state index in [9.17, 15) is 0 Å². The van der Waals surface area contributed by atoms with Gasteiger partial charge < -0.3 is 4.74 Å². The van der Waals surface area contributed by atoms with E-state index in [1.54, 1.807) is 0 Å². The first kappa shape index (κ1) is 16.6. The van der Waals surface area contributed by atoms with Crippen molar-refractivity contribution in [1.82, 2.24) is 0 Å². The van der Waals surface area contributed by atoms with Gasteiger partial charge in [0.05, 0.1) is 6.61 Å². The highest BCUT2D eigenvalue weighted by atomic mass is 79.9. The minimum absolute atomic E-state index is 0.796. The predicted molar refractivity (Wildman–Crippen MR) is 96.2 cm³/mol. The Bertz CT molecular complexity index is 617. The van der Waals surface area contributed by atoms with E-state index < -0.39 is 0 Å². The Kier molecular flexibility index (Phi) is 7.06. The number of halogens is 1. The molecular weight excluding hydrogens is 336 g/mol. The monoisotopic (exact) mass is 356 g/mol. The Morgan fingerprint density at radius 1 is 0.818 bits per heavy atom. The fourth-order valence-electron chi connectivity index (χ4n) is 2.03. The molecule has 0 radical (unpaired) electrons. The van der Waals surface area contributed by atoms with Gasteiger partial charge in [-0.3, -0.25) is 0 Å². The van der Waals surface area contributed by atoms with Crippen LogP contribution in [0.2, 0.25) is 0 Å². The second-order valence-electron chi connectivity index (χ2n) is 5.19. The number of hydrogen-bond donors (Lipinski definition) is 0. The van der Waals surface area contributed by atoms with Crippen LogP contribution in [0, 0.1) is 11.8 Å². The molecule has 0 unspecified atom stereocenters. The van der Waals surface area contributed by atoms with E-state index >= 15 is 0 Å². The van der Waals surface area contributed by atoms with Crippen LogP contribution in [0.1, 0.15) is 43.7 Å². The van der Waals surface area contributed by atoms with E-state index in [1.807, 2.05) is 48.5 Å². The van der Waals surface area contributed by atoms with Crippen molar-refractivity contribution in [3.63, 3.8) is 0 Å². The first-order valence-electron chi connectivity index (χ1n) is 7.78. The molecule has 0 fully saturated rings. The molecule has 0 bridgehead atoms. The molecule has 22 heavy (non-hydrogen) atoms. The third kappa shape index (κ3) is 5.95. The van der Waals surface area contributed by atoms with E-state index in [4.69, 9.17) is 4.74 Å². The van der Waals surface area contributed by atoms with Crippen molar-refractivity contribution in [3.05, 3.63) is 64.1 Å². The Morgan fingerprint density at radius 2 is 1.41 bits per heavy atom. The lowest BCUT2D eigenvalue weighted by atomic mass is 10.2. The van der Waals surface area contributed by atoms with Crippen molar-refractivity contribution in [1.29, 1.82) is 0 Å². The van der Waals surface area contributed by atoms with Crippen LogP contribution >= 0.6 is 15.9 Å². The van der Waals surface area contributed by atoms with Crippen LogP contribution in [0.25, 0.3) is 0 Å². The summed E-state index contributed by atoms with van der Waals surface area (Å²) in [4.78, 5) is 0. The van der Waals surface area contributed by atoms with E-state index in [-0.39, 0.29) is 0 Å². The van der Waals surface area contributed by atoms with Gasteiger partial charge >= 0.3 is 0 Å². The molecule has 0 aliphatic heterocycles. The summed E-state index contributed by atoms with van der Waals surface area (Å²) in [5.74, 6) is 7.25. The summed E-state index contributed by atoms with van der Waals surface area (Å²) in [6, 6.07) is 16.0. The van der Waals surface area contributed by atoms with Crippen molar-refractivity contribution in [2.24, 2.45) is 0 Å². The van der Waals surface area contributed by atoms with Gasteiger partial charge in [-0.25, -0.2) is 0 Å². The Morgan fingerprint density at radius 3 is 2.00 bits per heavy atom. The van der Waals surface area contributed by atoms with Gasteiger partial charge in [0.25, 0.3) is 0 Å². The van der Waals surface area contributed by atoms with Crippen LogP contribution in [0.15, 0.2) is 53.0 Å². The molecule has 0 atom stereocenters. The number of ether oxygens (including phenoxy) is 1. The topological polar surface area (TPSA) is 9.23 Å². The Labute approximate surface area is 141 Å². The molecule has 0 N–H and O–H groups in total. The van der Waals surface area contributed by atoms with Crippen LogP contribution in [-0.4, -0.2) is 6.61 Å². The van der Waals surface area contributed by atoms with Crippen LogP contribution < -0.4 is 4.74 Å². The quantitative estimate of drug-likeness (QED) is 0.468. The van der Waals surface area contributed by atoms with Gasteiger partial charge in [0, 0.05) is 15.6 Å². The average molecular weight is 357 g/mol. The average Bonchev–Trinajstić information content (AvgIpc) is 2.55. The third-order valence-corrected chi connectivity index (χ3v) is 3.84. The van der Waals surface area contributed by atoms with E-state index in [0.29, 0.717) is 0 Å².